The molecule has 1 amide bonds. The van der Waals surface area contributed by atoms with Gasteiger partial charge in [0.15, 0.2) is 6.17 Å². The maximum absolute atomic E-state index is 12.3. The van der Waals surface area contributed by atoms with E-state index < -0.39 is 17.7 Å². The topological polar surface area (TPSA) is 128 Å². The van der Waals surface area contributed by atoms with Crippen LogP contribution < -0.4 is 16.6 Å². The molecule has 1 unspecified atom stereocenters. The summed E-state index contributed by atoms with van der Waals surface area (Å²) in [6.45, 7) is 4.32. The molecule has 0 saturated heterocycles. The van der Waals surface area contributed by atoms with Gasteiger partial charge in [0.05, 0.1) is 30.9 Å². The summed E-state index contributed by atoms with van der Waals surface area (Å²) < 4.78 is 5.78. The minimum atomic E-state index is -1.03. The highest BCUT2D eigenvalue weighted by Crippen LogP contribution is 2.13. The molecule has 0 spiro atoms. The van der Waals surface area contributed by atoms with Crippen molar-refractivity contribution < 1.29 is 9.53 Å². The molecular weight excluding hydrogens is 334 g/mol. The summed E-state index contributed by atoms with van der Waals surface area (Å²) in [6, 6.07) is 11.4. The van der Waals surface area contributed by atoms with Gasteiger partial charge in [0.25, 0.3) is 0 Å². The molecule has 0 radical (unpaired) electrons. The number of hydrazine groups is 1. The fourth-order valence-electron chi connectivity index (χ4n) is 2.35. The Labute approximate surface area is 153 Å². The summed E-state index contributed by atoms with van der Waals surface area (Å²) in [7, 11) is 0. The van der Waals surface area contributed by atoms with Crippen molar-refractivity contribution >= 4 is 5.91 Å². The van der Waals surface area contributed by atoms with Crippen LogP contribution in [0.1, 0.15) is 25.8 Å². The van der Waals surface area contributed by atoms with Crippen LogP contribution >= 0.6 is 0 Å². The highest BCUT2D eigenvalue weighted by atomic mass is 16.5. The molecule has 0 fully saturated rings. The number of carbonyl (C=O) groups is 1. The molecule has 1 aliphatic rings. The molecule has 9 heteroatoms. The third kappa shape index (κ3) is 5.77. The average Bonchev–Trinajstić information content (AvgIpc) is 3.07. The lowest BCUT2D eigenvalue weighted by molar-refractivity contribution is -0.127. The van der Waals surface area contributed by atoms with Crippen LogP contribution in [0.5, 0.6) is 0 Å². The predicted octanol–water partition coefficient (Wildman–Crippen LogP) is 0.852. The van der Waals surface area contributed by atoms with Crippen molar-refractivity contribution in [3.63, 3.8) is 0 Å². The average molecular weight is 359 g/mol. The van der Waals surface area contributed by atoms with Gasteiger partial charge in [-0.25, -0.2) is 5.53 Å². The van der Waals surface area contributed by atoms with Crippen molar-refractivity contribution in [3.05, 3.63) is 35.9 Å². The molecule has 1 aromatic rings. The normalized spacial score (nSPS) is 18.2. The predicted molar refractivity (Wildman–Crippen MR) is 95.0 cm³/mol. The quantitative estimate of drug-likeness (QED) is 0.600. The molecule has 2 rings (SSSR count). The first-order valence-corrected chi connectivity index (χ1v) is 8.42. The van der Waals surface area contributed by atoms with Crippen LogP contribution in [0, 0.1) is 11.3 Å². The van der Waals surface area contributed by atoms with Gasteiger partial charge < -0.3 is 15.8 Å². The monoisotopic (exact) mass is 359 g/mol. The van der Waals surface area contributed by atoms with Crippen molar-refractivity contribution in [1.29, 1.82) is 5.26 Å². The lowest BCUT2D eigenvalue weighted by Crippen LogP contribution is -2.59. The van der Waals surface area contributed by atoms with E-state index in [0.717, 1.165) is 5.56 Å². The molecule has 0 aromatic heterocycles. The zero-order chi connectivity index (χ0) is 19.0. The number of amides is 1. The Morgan fingerprint density at radius 2 is 2.23 bits per heavy atom. The highest BCUT2D eigenvalue weighted by molar-refractivity contribution is 5.85. The zero-order valence-electron chi connectivity index (χ0n) is 15.1. The second-order valence-electron chi connectivity index (χ2n) is 6.63. The Morgan fingerprint density at radius 1 is 1.50 bits per heavy atom. The van der Waals surface area contributed by atoms with Crippen LogP contribution in [0.4, 0.5) is 0 Å². The second kappa shape index (κ2) is 9.24. The first kappa shape index (κ1) is 19.8. The van der Waals surface area contributed by atoms with Crippen molar-refractivity contribution in [2.75, 3.05) is 13.2 Å². The number of benzene rings is 1. The minimum absolute atomic E-state index is 0.227. The van der Waals surface area contributed by atoms with Crippen LogP contribution in [0.25, 0.3) is 0 Å². The third-order valence-corrected chi connectivity index (χ3v) is 3.80. The lowest BCUT2D eigenvalue weighted by Gasteiger charge is -2.30. The molecule has 1 aromatic carbocycles. The van der Waals surface area contributed by atoms with E-state index in [9.17, 15) is 4.79 Å². The molecule has 4 N–H and O–H groups in total. The molecule has 1 aliphatic heterocycles. The molecular formula is C17H25N7O2. The molecule has 9 nitrogen and oxygen atoms in total. The van der Waals surface area contributed by atoms with E-state index in [-0.39, 0.29) is 12.5 Å². The van der Waals surface area contributed by atoms with Crippen molar-refractivity contribution in [2.24, 2.45) is 16.1 Å². The Balaban J connectivity index is 2.02. The smallest absolute Gasteiger partial charge is 0.239 e. The van der Waals surface area contributed by atoms with E-state index in [1.807, 2.05) is 30.3 Å². The van der Waals surface area contributed by atoms with Crippen LogP contribution in [-0.2, 0) is 16.1 Å². The summed E-state index contributed by atoms with van der Waals surface area (Å²) in [5.41, 5.74) is 8.63. The number of ether oxygens (including phenoxy) is 1. The van der Waals surface area contributed by atoms with E-state index in [1.54, 1.807) is 18.9 Å². The van der Waals surface area contributed by atoms with Crippen molar-refractivity contribution in [1.82, 2.24) is 15.9 Å². The van der Waals surface area contributed by atoms with Gasteiger partial charge in [-0.1, -0.05) is 35.6 Å². The second-order valence-corrected chi connectivity index (χ2v) is 6.63. The SMILES string of the molecule is CC(C)(N)C(=O)N[C@H](COCc1ccccc1)C1N=NNN1CCC#N. The minimum Gasteiger partial charge on any atom is -0.374 e. The van der Waals surface area contributed by atoms with E-state index in [4.69, 9.17) is 15.7 Å². The summed E-state index contributed by atoms with van der Waals surface area (Å²) >= 11 is 0. The maximum atomic E-state index is 12.3. The van der Waals surface area contributed by atoms with E-state index >= 15 is 0 Å². The van der Waals surface area contributed by atoms with Gasteiger partial charge in [-0.05, 0) is 19.4 Å². The number of nitrogens with one attached hydrogen (secondary N) is 2. The first-order chi connectivity index (χ1) is 12.4. The Morgan fingerprint density at radius 3 is 2.88 bits per heavy atom. The number of hydrogen-bond acceptors (Lipinski definition) is 8. The van der Waals surface area contributed by atoms with Crippen LogP contribution in [0.2, 0.25) is 0 Å². The largest absolute Gasteiger partial charge is 0.374 e. The highest BCUT2D eigenvalue weighted by Gasteiger charge is 2.35. The van der Waals surface area contributed by atoms with Gasteiger partial charge in [-0.3, -0.25) is 4.79 Å². The van der Waals surface area contributed by atoms with E-state index in [2.05, 4.69) is 27.3 Å². The molecule has 26 heavy (non-hydrogen) atoms. The van der Waals surface area contributed by atoms with Gasteiger partial charge >= 0.3 is 0 Å². The number of nitrogens with two attached hydrogens (primary N) is 1. The van der Waals surface area contributed by atoms with Crippen molar-refractivity contribution in [3.8, 4) is 6.07 Å². The van der Waals surface area contributed by atoms with E-state index in [0.29, 0.717) is 19.6 Å². The van der Waals surface area contributed by atoms with Crippen LogP contribution in [-0.4, -0.2) is 41.8 Å². The Hall–Kier alpha value is -2.54. The molecule has 2 atom stereocenters. The fraction of sp³-hybridized carbons (Fsp3) is 0.529. The van der Waals surface area contributed by atoms with Gasteiger partial charge in [-0.15, -0.1) is 5.11 Å². The Kier molecular flexibility index (Phi) is 7.03. The zero-order valence-corrected chi connectivity index (χ0v) is 15.1. The fourth-order valence-corrected chi connectivity index (χ4v) is 2.35. The summed E-state index contributed by atoms with van der Waals surface area (Å²) in [5, 5.41) is 21.3. The summed E-state index contributed by atoms with van der Waals surface area (Å²) in [6.07, 6.45) is -0.173. The standard InChI is InChI=1S/C17H25N7O2/c1-17(2,19)16(25)20-14(12-26-11-13-7-4-3-5-8-13)15-21-22-23-24(15)10-6-9-18/h3-5,7-8,14-15H,6,10-12,19H2,1-2H3,(H,20,25)(H,21,23)/t14-,15?/m1/s1. The number of hydrogen-bond donors (Lipinski definition) is 3. The number of rotatable bonds is 9. The number of carbonyl (C=O) groups excluding carboxylic acids is 1. The summed E-state index contributed by atoms with van der Waals surface area (Å²) in [4.78, 5) is 12.3. The third-order valence-electron chi connectivity index (χ3n) is 3.80. The Bertz CT molecular complexity index is 651. The molecule has 1 heterocycles. The van der Waals surface area contributed by atoms with Crippen molar-refractivity contribution in [2.45, 2.75) is 44.6 Å². The van der Waals surface area contributed by atoms with Gasteiger partial charge in [0, 0.05) is 13.0 Å². The van der Waals surface area contributed by atoms with Gasteiger partial charge in [0.1, 0.15) is 0 Å². The number of nitriles is 1. The molecule has 0 bridgehead atoms. The van der Waals surface area contributed by atoms with E-state index in [1.165, 1.54) is 0 Å². The lowest BCUT2D eigenvalue weighted by atomic mass is 10.1. The van der Waals surface area contributed by atoms with Crippen LogP contribution in [0.3, 0.4) is 0 Å². The molecule has 0 saturated carbocycles. The summed E-state index contributed by atoms with van der Waals surface area (Å²) in [5.74, 6) is -0.312. The number of nitrogens with zero attached hydrogens (tertiary/aromatic N) is 4. The molecule has 0 aliphatic carbocycles. The molecule has 140 valence electrons. The van der Waals surface area contributed by atoms with Crippen LogP contribution in [0.15, 0.2) is 40.7 Å². The maximum Gasteiger partial charge on any atom is 0.239 e. The van der Waals surface area contributed by atoms with Gasteiger partial charge in [0.2, 0.25) is 5.91 Å². The first-order valence-electron chi connectivity index (χ1n) is 8.42. The van der Waals surface area contributed by atoms with Gasteiger partial charge in [-0.2, -0.15) is 10.3 Å².